The standard InChI is InChI=1S/C16H21N3O3S/c1-9(7-13-10(2)18-19(4)11(13)3)15(20)17-8-12-5-6-14(23-12)16(21)22/h5-6,9H,7-8H2,1-4H3,(H,17,20)(H,21,22). The summed E-state index contributed by atoms with van der Waals surface area (Å²) in [5.74, 6) is -1.16. The topological polar surface area (TPSA) is 84.2 Å². The van der Waals surface area contributed by atoms with Gasteiger partial charge >= 0.3 is 5.97 Å². The van der Waals surface area contributed by atoms with Gasteiger partial charge in [-0.25, -0.2) is 4.79 Å². The molecule has 2 aromatic heterocycles. The van der Waals surface area contributed by atoms with E-state index in [-0.39, 0.29) is 16.7 Å². The number of nitrogens with zero attached hydrogens (tertiary/aromatic N) is 2. The first kappa shape index (κ1) is 17.2. The van der Waals surface area contributed by atoms with Crippen LogP contribution in [0.5, 0.6) is 0 Å². The number of carbonyl (C=O) groups is 2. The molecule has 0 spiro atoms. The number of aromatic nitrogens is 2. The van der Waals surface area contributed by atoms with Crippen molar-refractivity contribution >= 4 is 23.2 Å². The van der Waals surface area contributed by atoms with Crippen LogP contribution >= 0.6 is 11.3 Å². The van der Waals surface area contributed by atoms with Crippen LogP contribution in [0.25, 0.3) is 0 Å². The van der Waals surface area contributed by atoms with Gasteiger partial charge in [-0.2, -0.15) is 5.10 Å². The zero-order valence-electron chi connectivity index (χ0n) is 13.7. The number of nitrogens with one attached hydrogen (secondary N) is 1. The molecule has 0 fully saturated rings. The van der Waals surface area contributed by atoms with Gasteiger partial charge in [0.15, 0.2) is 0 Å². The van der Waals surface area contributed by atoms with Gasteiger partial charge in [0.2, 0.25) is 5.91 Å². The third-order valence-electron chi connectivity index (χ3n) is 3.93. The van der Waals surface area contributed by atoms with Crippen LogP contribution in [0.1, 0.15) is 38.4 Å². The van der Waals surface area contributed by atoms with Crippen molar-refractivity contribution in [3.8, 4) is 0 Å². The smallest absolute Gasteiger partial charge is 0.345 e. The molecule has 2 heterocycles. The molecule has 0 aliphatic heterocycles. The molecule has 1 amide bonds. The minimum atomic E-state index is -0.941. The summed E-state index contributed by atoms with van der Waals surface area (Å²) in [5, 5.41) is 16.1. The van der Waals surface area contributed by atoms with Gasteiger partial charge in [-0.15, -0.1) is 11.3 Å². The number of hydrogen-bond donors (Lipinski definition) is 2. The summed E-state index contributed by atoms with van der Waals surface area (Å²) < 4.78 is 1.83. The van der Waals surface area contributed by atoms with E-state index < -0.39 is 5.97 Å². The van der Waals surface area contributed by atoms with Gasteiger partial charge in [-0.1, -0.05) is 6.92 Å². The highest BCUT2D eigenvalue weighted by atomic mass is 32.1. The summed E-state index contributed by atoms with van der Waals surface area (Å²) in [6.07, 6.45) is 0.641. The number of carboxylic acids is 1. The molecule has 0 radical (unpaired) electrons. The van der Waals surface area contributed by atoms with Crippen molar-refractivity contribution in [2.75, 3.05) is 0 Å². The SMILES string of the molecule is Cc1nn(C)c(C)c1CC(C)C(=O)NCc1ccc(C(=O)O)s1. The maximum Gasteiger partial charge on any atom is 0.345 e. The predicted molar refractivity (Wildman–Crippen MR) is 88.7 cm³/mol. The Hall–Kier alpha value is -2.15. The number of amides is 1. The molecule has 124 valence electrons. The monoisotopic (exact) mass is 335 g/mol. The Labute approximate surface area is 139 Å². The van der Waals surface area contributed by atoms with Crippen LogP contribution in [0, 0.1) is 19.8 Å². The molecule has 23 heavy (non-hydrogen) atoms. The number of thiophene rings is 1. The van der Waals surface area contributed by atoms with E-state index >= 15 is 0 Å². The van der Waals surface area contributed by atoms with Gasteiger partial charge < -0.3 is 10.4 Å². The summed E-state index contributed by atoms with van der Waals surface area (Å²) in [4.78, 5) is 24.2. The van der Waals surface area contributed by atoms with E-state index in [0.717, 1.165) is 21.8 Å². The number of aromatic carboxylic acids is 1. The molecule has 0 saturated carbocycles. The van der Waals surface area contributed by atoms with E-state index in [1.165, 1.54) is 11.3 Å². The fourth-order valence-corrected chi connectivity index (χ4v) is 3.23. The van der Waals surface area contributed by atoms with Gasteiger partial charge in [-0.3, -0.25) is 9.48 Å². The minimum absolute atomic E-state index is 0.0436. The van der Waals surface area contributed by atoms with Gasteiger partial charge in [0.05, 0.1) is 12.2 Å². The molecule has 0 aliphatic carbocycles. The predicted octanol–water partition coefficient (Wildman–Crippen LogP) is 2.29. The van der Waals surface area contributed by atoms with Crippen molar-refractivity contribution < 1.29 is 14.7 Å². The molecule has 2 aromatic rings. The van der Waals surface area contributed by atoms with Crippen LogP contribution in [0.3, 0.4) is 0 Å². The second-order valence-corrected chi connectivity index (χ2v) is 6.84. The second kappa shape index (κ2) is 6.95. The molecular weight excluding hydrogens is 314 g/mol. The fraction of sp³-hybridized carbons (Fsp3) is 0.438. The lowest BCUT2D eigenvalue weighted by molar-refractivity contribution is -0.124. The Kier molecular flexibility index (Phi) is 5.20. The van der Waals surface area contributed by atoms with Crippen LogP contribution in [0.2, 0.25) is 0 Å². The van der Waals surface area contributed by atoms with Gasteiger partial charge in [0, 0.05) is 23.5 Å². The number of aryl methyl sites for hydroxylation is 2. The van der Waals surface area contributed by atoms with E-state index in [9.17, 15) is 9.59 Å². The summed E-state index contributed by atoms with van der Waals surface area (Å²) in [6.45, 7) is 6.19. The van der Waals surface area contributed by atoms with E-state index in [1.807, 2.05) is 32.5 Å². The largest absolute Gasteiger partial charge is 0.477 e. The highest BCUT2D eigenvalue weighted by molar-refractivity contribution is 7.13. The van der Waals surface area contributed by atoms with Gasteiger partial charge in [0.1, 0.15) is 4.88 Å². The van der Waals surface area contributed by atoms with Crippen molar-refractivity contribution in [3.63, 3.8) is 0 Å². The molecule has 7 heteroatoms. The average molecular weight is 335 g/mol. The maximum atomic E-state index is 12.2. The lowest BCUT2D eigenvalue weighted by Gasteiger charge is -2.12. The van der Waals surface area contributed by atoms with Crippen molar-refractivity contribution in [3.05, 3.63) is 38.8 Å². The van der Waals surface area contributed by atoms with Crippen molar-refractivity contribution in [2.45, 2.75) is 33.7 Å². The lowest BCUT2D eigenvalue weighted by Crippen LogP contribution is -2.29. The molecule has 1 unspecified atom stereocenters. The van der Waals surface area contributed by atoms with Crippen molar-refractivity contribution in [2.24, 2.45) is 13.0 Å². The van der Waals surface area contributed by atoms with E-state index in [1.54, 1.807) is 12.1 Å². The average Bonchev–Trinajstić information content (AvgIpc) is 3.05. The van der Waals surface area contributed by atoms with E-state index in [2.05, 4.69) is 10.4 Å². The number of carboxylic acid groups (broad SMARTS) is 1. The summed E-state index contributed by atoms with van der Waals surface area (Å²) in [7, 11) is 1.90. The van der Waals surface area contributed by atoms with E-state index in [4.69, 9.17) is 5.11 Å². The summed E-state index contributed by atoms with van der Waals surface area (Å²) in [6, 6.07) is 3.29. The van der Waals surface area contributed by atoms with Crippen LogP contribution in [0.4, 0.5) is 0 Å². The minimum Gasteiger partial charge on any atom is -0.477 e. The molecule has 1 atom stereocenters. The first-order valence-electron chi connectivity index (χ1n) is 7.38. The summed E-state index contributed by atoms with van der Waals surface area (Å²) in [5.41, 5.74) is 3.14. The Morgan fingerprint density at radius 1 is 1.39 bits per heavy atom. The molecule has 0 saturated heterocycles. The van der Waals surface area contributed by atoms with Crippen molar-refractivity contribution in [1.82, 2.24) is 15.1 Å². The van der Waals surface area contributed by atoms with Crippen LogP contribution < -0.4 is 5.32 Å². The Balaban J connectivity index is 1.93. The molecule has 6 nitrogen and oxygen atoms in total. The Bertz CT molecular complexity index is 733. The third kappa shape index (κ3) is 3.98. The fourth-order valence-electron chi connectivity index (χ4n) is 2.45. The molecule has 0 bridgehead atoms. The van der Waals surface area contributed by atoms with E-state index in [0.29, 0.717) is 13.0 Å². The first-order chi connectivity index (χ1) is 10.8. The van der Waals surface area contributed by atoms with Gasteiger partial charge in [-0.05, 0) is 38.0 Å². The van der Waals surface area contributed by atoms with Gasteiger partial charge in [0.25, 0.3) is 0 Å². The number of hydrogen-bond acceptors (Lipinski definition) is 4. The second-order valence-electron chi connectivity index (χ2n) is 5.67. The zero-order valence-corrected chi connectivity index (χ0v) is 14.5. The first-order valence-corrected chi connectivity index (χ1v) is 8.20. The van der Waals surface area contributed by atoms with Crippen LogP contribution in [-0.2, 0) is 24.8 Å². The highest BCUT2D eigenvalue weighted by Gasteiger charge is 2.18. The quantitative estimate of drug-likeness (QED) is 0.848. The molecule has 0 aromatic carbocycles. The lowest BCUT2D eigenvalue weighted by atomic mass is 9.99. The molecule has 2 rings (SSSR count). The maximum absolute atomic E-state index is 12.2. The highest BCUT2D eigenvalue weighted by Crippen LogP contribution is 2.18. The molecule has 0 aliphatic rings. The summed E-state index contributed by atoms with van der Waals surface area (Å²) >= 11 is 1.18. The molecule has 2 N–H and O–H groups in total. The molecular formula is C16H21N3O3S. The number of rotatable bonds is 6. The Morgan fingerprint density at radius 3 is 2.61 bits per heavy atom. The van der Waals surface area contributed by atoms with Crippen LogP contribution in [0.15, 0.2) is 12.1 Å². The third-order valence-corrected chi connectivity index (χ3v) is 5.00. The van der Waals surface area contributed by atoms with Crippen LogP contribution in [-0.4, -0.2) is 26.8 Å². The zero-order chi connectivity index (χ0) is 17.1. The number of carbonyl (C=O) groups excluding carboxylic acids is 1. The Morgan fingerprint density at radius 2 is 2.09 bits per heavy atom. The van der Waals surface area contributed by atoms with Crippen molar-refractivity contribution in [1.29, 1.82) is 0 Å². The normalized spacial score (nSPS) is 12.2.